The first-order valence-corrected chi connectivity index (χ1v) is 6.68. The molecule has 3 aromatic rings. The van der Waals surface area contributed by atoms with Crippen LogP contribution in [-0.4, -0.2) is 19.2 Å². The van der Waals surface area contributed by atoms with Gasteiger partial charge in [0.1, 0.15) is 5.82 Å². The van der Waals surface area contributed by atoms with Crippen molar-refractivity contribution in [1.82, 2.24) is 19.2 Å². The molecule has 3 rings (SSSR count). The van der Waals surface area contributed by atoms with E-state index in [0.29, 0.717) is 0 Å². The van der Waals surface area contributed by atoms with Gasteiger partial charge in [0.05, 0.1) is 17.9 Å². The molecule has 0 aliphatic carbocycles. The van der Waals surface area contributed by atoms with Crippen LogP contribution in [0, 0.1) is 13.8 Å². The third kappa shape index (κ3) is 1.78. The summed E-state index contributed by atoms with van der Waals surface area (Å²) < 4.78 is 3.99. The highest BCUT2D eigenvalue weighted by atomic mass is 32.1. The Labute approximate surface area is 109 Å². The van der Waals surface area contributed by atoms with Crippen LogP contribution in [0.2, 0.25) is 0 Å². The van der Waals surface area contributed by atoms with Crippen molar-refractivity contribution in [3.8, 4) is 0 Å². The molecule has 0 spiro atoms. The molecule has 0 fully saturated rings. The third-order valence-corrected chi connectivity index (χ3v) is 3.92. The van der Waals surface area contributed by atoms with Crippen LogP contribution in [0.15, 0.2) is 17.6 Å². The molecule has 0 aliphatic heterocycles. The zero-order valence-electron chi connectivity index (χ0n) is 10.6. The van der Waals surface area contributed by atoms with Gasteiger partial charge >= 0.3 is 0 Å². The molecule has 0 radical (unpaired) electrons. The zero-order valence-corrected chi connectivity index (χ0v) is 11.5. The van der Waals surface area contributed by atoms with Gasteiger partial charge in [0.2, 0.25) is 0 Å². The number of fused-ring (bicyclic) bond motifs is 1. The van der Waals surface area contributed by atoms with Crippen molar-refractivity contribution in [3.63, 3.8) is 0 Å². The highest BCUT2D eigenvalue weighted by Gasteiger charge is 2.12. The topological polar surface area (TPSA) is 47.1 Å². The summed E-state index contributed by atoms with van der Waals surface area (Å²) in [6.45, 7) is 4.89. The second-order valence-electron chi connectivity index (χ2n) is 4.37. The maximum absolute atomic E-state index is 4.57. The maximum atomic E-state index is 4.57. The van der Waals surface area contributed by atoms with Crippen LogP contribution in [0.1, 0.15) is 17.1 Å². The van der Waals surface area contributed by atoms with Crippen LogP contribution >= 0.6 is 11.3 Å². The number of rotatable bonds is 3. The van der Waals surface area contributed by atoms with Gasteiger partial charge in [-0.15, -0.1) is 11.3 Å². The summed E-state index contributed by atoms with van der Waals surface area (Å²) in [5, 5.41) is 9.77. The Kier molecular flexibility index (Phi) is 2.59. The predicted molar refractivity (Wildman–Crippen MR) is 73.1 cm³/mol. The Balaban J connectivity index is 1.90. The SMILES string of the molecule is Cc1nc2scc(C)n2c1CNc1ccn(C)n1. The van der Waals surface area contributed by atoms with E-state index in [0.717, 1.165) is 23.0 Å². The first kappa shape index (κ1) is 11.3. The Morgan fingerprint density at radius 1 is 1.39 bits per heavy atom. The number of imidazole rings is 1. The van der Waals surface area contributed by atoms with E-state index in [-0.39, 0.29) is 0 Å². The molecule has 1 N–H and O–H groups in total. The van der Waals surface area contributed by atoms with E-state index in [4.69, 9.17) is 0 Å². The van der Waals surface area contributed by atoms with Gasteiger partial charge in [-0.05, 0) is 13.8 Å². The van der Waals surface area contributed by atoms with E-state index in [1.165, 1.54) is 11.4 Å². The molecule has 18 heavy (non-hydrogen) atoms. The maximum Gasteiger partial charge on any atom is 0.194 e. The summed E-state index contributed by atoms with van der Waals surface area (Å²) in [6.07, 6.45) is 1.93. The van der Waals surface area contributed by atoms with Gasteiger partial charge in [-0.3, -0.25) is 9.08 Å². The van der Waals surface area contributed by atoms with Crippen LogP contribution in [-0.2, 0) is 13.6 Å². The Morgan fingerprint density at radius 2 is 2.22 bits per heavy atom. The number of thiazole rings is 1. The number of anilines is 1. The summed E-state index contributed by atoms with van der Waals surface area (Å²) in [6, 6.07) is 1.97. The molecule has 6 heteroatoms. The van der Waals surface area contributed by atoms with Crippen molar-refractivity contribution in [3.05, 3.63) is 34.7 Å². The monoisotopic (exact) mass is 261 g/mol. The molecule has 0 unspecified atom stereocenters. The van der Waals surface area contributed by atoms with E-state index in [9.17, 15) is 0 Å². The Morgan fingerprint density at radius 3 is 2.94 bits per heavy atom. The van der Waals surface area contributed by atoms with Crippen molar-refractivity contribution >= 4 is 22.1 Å². The van der Waals surface area contributed by atoms with Crippen molar-refractivity contribution in [2.45, 2.75) is 20.4 Å². The van der Waals surface area contributed by atoms with Gasteiger partial charge in [-0.1, -0.05) is 0 Å². The average Bonchev–Trinajstić information content (AvgIpc) is 2.96. The lowest BCUT2D eigenvalue weighted by molar-refractivity contribution is 0.767. The molecule has 0 amide bonds. The molecule has 0 bridgehead atoms. The Bertz CT molecular complexity index is 691. The van der Waals surface area contributed by atoms with E-state index >= 15 is 0 Å². The number of nitrogens with zero attached hydrogens (tertiary/aromatic N) is 4. The lowest BCUT2D eigenvalue weighted by Gasteiger charge is -2.04. The molecule has 3 heterocycles. The number of aryl methyl sites for hydroxylation is 3. The van der Waals surface area contributed by atoms with Crippen molar-refractivity contribution in [1.29, 1.82) is 0 Å². The molecule has 0 aromatic carbocycles. The molecule has 0 atom stereocenters. The molecular weight excluding hydrogens is 246 g/mol. The number of hydrogen-bond acceptors (Lipinski definition) is 4. The largest absolute Gasteiger partial charge is 0.363 e. The molecule has 3 aromatic heterocycles. The average molecular weight is 261 g/mol. The quantitative estimate of drug-likeness (QED) is 0.787. The minimum atomic E-state index is 0.738. The van der Waals surface area contributed by atoms with Crippen molar-refractivity contribution in [2.75, 3.05) is 5.32 Å². The van der Waals surface area contributed by atoms with Crippen LogP contribution in [0.4, 0.5) is 5.82 Å². The molecule has 0 saturated heterocycles. The fraction of sp³-hybridized carbons (Fsp3) is 0.333. The van der Waals surface area contributed by atoms with E-state index < -0.39 is 0 Å². The van der Waals surface area contributed by atoms with Crippen LogP contribution in [0.25, 0.3) is 4.96 Å². The highest BCUT2D eigenvalue weighted by Crippen LogP contribution is 2.21. The lowest BCUT2D eigenvalue weighted by atomic mass is 10.3. The number of nitrogens with one attached hydrogen (secondary N) is 1. The van der Waals surface area contributed by atoms with Gasteiger partial charge in [-0.2, -0.15) is 5.10 Å². The fourth-order valence-corrected chi connectivity index (χ4v) is 2.99. The lowest BCUT2D eigenvalue weighted by Crippen LogP contribution is -2.05. The predicted octanol–water partition coefficient (Wildman–Crippen LogP) is 2.36. The van der Waals surface area contributed by atoms with E-state index in [1.54, 1.807) is 16.0 Å². The van der Waals surface area contributed by atoms with Crippen molar-refractivity contribution < 1.29 is 0 Å². The smallest absolute Gasteiger partial charge is 0.194 e. The standard InChI is InChI=1S/C12H15N5S/c1-8-7-18-12-14-9(2)10(17(8)12)6-13-11-4-5-16(3)15-11/h4-5,7H,6H2,1-3H3,(H,13,15). The minimum Gasteiger partial charge on any atom is -0.363 e. The van der Waals surface area contributed by atoms with Gasteiger partial charge in [-0.25, -0.2) is 4.98 Å². The van der Waals surface area contributed by atoms with Gasteiger partial charge in [0.15, 0.2) is 4.96 Å². The second kappa shape index (κ2) is 4.13. The normalized spacial score (nSPS) is 11.3. The minimum absolute atomic E-state index is 0.738. The van der Waals surface area contributed by atoms with E-state index in [1.807, 2.05) is 19.3 Å². The van der Waals surface area contributed by atoms with Crippen molar-refractivity contribution in [2.24, 2.45) is 7.05 Å². The second-order valence-corrected chi connectivity index (χ2v) is 5.20. The fourth-order valence-electron chi connectivity index (χ4n) is 2.06. The van der Waals surface area contributed by atoms with Crippen LogP contribution < -0.4 is 5.32 Å². The summed E-state index contributed by atoms with van der Waals surface area (Å²) in [7, 11) is 1.91. The number of hydrogen-bond donors (Lipinski definition) is 1. The summed E-state index contributed by atoms with van der Waals surface area (Å²) >= 11 is 1.68. The van der Waals surface area contributed by atoms with Crippen LogP contribution in [0.5, 0.6) is 0 Å². The molecule has 5 nitrogen and oxygen atoms in total. The van der Waals surface area contributed by atoms with E-state index in [2.05, 4.69) is 39.0 Å². The zero-order chi connectivity index (χ0) is 12.7. The third-order valence-electron chi connectivity index (χ3n) is 2.98. The van der Waals surface area contributed by atoms with Gasteiger partial charge < -0.3 is 5.32 Å². The Hall–Kier alpha value is -1.82. The first-order chi connectivity index (χ1) is 8.65. The molecule has 0 aliphatic rings. The highest BCUT2D eigenvalue weighted by molar-refractivity contribution is 7.15. The molecule has 0 saturated carbocycles. The summed E-state index contributed by atoms with van der Waals surface area (Å²) in [5.74, 6) is 0.889. The first-order valence-electron chi connectivity index (χ1n) is 5.80. The summed E-state index contributed by atoms with van der Waals surface area (Å²) in [5.41, 5.74) is 3.51. The van der Waals surface area contributed by atoms with Crippen LogP contribution in [0.3, 0.4) is 0 Å². The summed E-state index contributed by atoms with van der Waals surface area (Å²) in [4.78, 5) is 5.63. The molecule has 94 valence electrons. The van der Waals surface area contributed by atoms with Gasteiger partial charge in [0.25, 0.3) is 0 Å². The molecular formula is C12H15N5S. The number of aromatic nitrogens is 4. The van der Waals surface area contributed by atoms with Gasteiger partial charge in [0, 0.05) is 30.4 Å².